The van der Waals surface area contributed by atoms with Crippen LogP contribution >= 0.6 is 0 Å². The van der Waals surface area contributed by atoms with Gasteiger partial charge in [0.2, 0.25) is 0 Å². The van der Waals surface area contributed by atoms with E-state index in [0.717, 1.165) is 6.54 Å². The molecule has 0 aromatic heterocycles. The van der Waals surface area contributed by atoms with Gasteiger partial charge in [-0.15, -0.1) is 0 Å². The molecule has 1 rings (SSSR count). The van der Waals surface area contributed by atoms with E-state index >= 15 is 0 Å². The minimum atomic E-state index is -0.644. The number of rotatable bonds is 7. The van der Waals surface area contributed by atoms with Crippen LogP contribution in [0.15, 0.2) is 18.2 Å². The second-order valence-corrected chi connectivity index (χ2v) is 4.64. The van der Waals surface area contributed by atoms with Gasteiger partial charge in [-0.05, 0) is 24.6 Å². The molecule has 0 amide bonds. The summed E-state index contributed by atoms with van der Waals surface area (Å²) in [5, 5.41) is 13.5. The van der Waals surface area contributed by atoms with Gasteiger partial charge in [-0.3, -0.25) is 0 Å². The van der Waals surface area contributed by atoms with E-state index < -0.39 is 6.10 Å². The van der Waals surface area contributed by atoms with Crippen molar-refractivity contribution in [2.75, 3.05) is 27.3 Å². The SMILES string of the molecule is COc1cccc(OC)c1C(O)CNCC(C)C. The minimum Gasteiger partial charge on any atom is -0.496 e. The maximum absolute atomic E-state index is 10.2. The topological polar surface area (TPSA) is 50.7 Å². The predicted octanol–water partition coefficient (Wildman–Crippen LogP) is 1.98. The van der Waals surface area contributed by atoms with Gasteiger partial charge in [-0.2, -0.15) is 0 Å². The molecule has 0 aliphatic heterocycles. The fraction of sp³-hybridized carbons (Fsp3) is 0.571. The van der Waals surface area contributed by atoms with Gasteiger partial charge in [0.15, 0.2) is 0 Å². The molecule has 0 spiro atoms. The van der Waals surface area contributed by atoms with Crippen molar-refractivity contribution in [2.45, 2.75) is 20.0 Å². The van der Waals surface area contributed by atoms with Crippen molar-refractivity contribution in [1.29, 1.82) is 0 Å². The number of hydrogen-bond donors (Lipinski definition) is 2. The summed E-state index contributed by atoms with van der Waals surface area (Å²) < 4.78 is 10.5. The lowest BCUT2D eigenvalue weighted by Gasteiger charge is -2.19. The molecule has 0 saturated heterocycles. The Kier molecular flexibility index (Phi) is 5.95. The smallest absolute Gasteiger partial charge is 0.128 e. The molecule has 1 aromatic carbocycles. The third-order valence-corrected chi connectivity index (χ3v) is 2.69. The van der Waals surface area contributed by atoms with Gasteiger partial charge in [0.1, 0.15) is 11.5 Å². The zero-order chi connectivity index (χ0) is 13.5. The summed E-state index contributed by atoms with van der Waals surface area (Å²) in [6, 6.07) is 5.49. The lowest BCUT2D eigenvalue weighted by molar-refractivity contribution is 0.165. The molecule has 4 heteroatoms. The number of aliphatic hydroxyl groups is 1. The molecule has 1 atom stereocenters. The van der Waals surface area contributed by atoms with Crippen LogP contribution < -0.4 is 14.8 Å². The molecule has 1 unspecified atom stereocenters. The van der Waals surface area contributed by atoms with Crippen molar-refractivity contribution in [3.05, 3.63) is 23.8 Å². The lowest BCUT2D eigenvalue weighted by Crippen LogP contribution is -2.25. The number of ether oxygens (including phenoxy) is 2. The van der Waals surface area contributed by atoms with E-state index in [1.54, 1.807) is 14.2 Å². The number of methoxy groups -OCH3 is 2. The molecule has 0 heterocycles. The highest BCUT2D eigenvalue weighted by atomic mass is 16.5. The third-order valence-electron chi connectivity index (χ3n) is 2.69. The molecular formula is C14H23NO3. The molecule has 0 aliphatic carbocycles. The van der Waals surface area contributed by atoms with Crippen LogP contribution in [0.5, 0.6) is 11.5 Å². The first-order valence-electron chi connectivity index (χ1n) is 6.19. The second-order valence-electron chi connectivity index (χ2n) is 4.64. The normalized spacial score (nSPS) is 12.6. The second kappa shape index (κ2) is 7.24. The largest absolute Gasteiger partial charge is 0.496 e. The van der Waals surface area contributed by atoms with Crippen LogP contribution in [0.3, 0.4) is 0 Å². The Balaban J connectivity index is 2.79. The van der Waals surface area contributed by atoms with Crippen LogP contribution in [0, 0.1) is 5.92 Å². The fourth-order valence-electron chi connectivity index (χ4n) is 1.82. The number of benzene rings is 1. The van der Waals surface area contributed by atoms with Gasteiger partial charge < -0.3 is 19.9 Å². The molecule has 18 heavy (non-hydrogen) atoms. The zero-order valence-corrected chi connectivity index (χ0v) is 11.6. The maximum atomic E-state index is 10.2. The summed E-state index contributed by atoms with van der Waals surface area (Å²) in [6.45, 7) is 5.61. The quantitative estimate of drug-likeness (QED) is 0.780. The molecular weight excluding hydrogens is 230 g/mol. The van der Waals surface area contributed by atoms with Gasteiger partial charge >= 0.3 is 0 Å². The molecule has 0 bridgehead atoms. The van der Waals surface area contributed by atoms with Gasteiger partial charge in [0.25, 0.3) is 0 Å². The number of hydrogen-bond acceptors (Lipinski definition) is 4. The Bertz CT molecular complexity index is 344. The Morgan fingerprint density at radius 2 is 1.67 bits per heavy atom. The van der Waals surface area contributed by atoms with E-state index in [9.17, 15) is 5.11 Å². The summed E-state index contributed by atoms with van der Waals surface area (Å²) in [4.78, 5) is 0. The van der Waals surface area contributed by atoms with Crippen molar-refractivity contribution in [1.82, 2.24) is 5.32 Å². The van der Waals surface area contributed by atoms with Crippen molar-refractivity contribution in [3.8, 4) is 11.5 Å². The third kappa shape index (κ3) is 3.89. The molecule has 0 saturated carbocycles. The molecule has 4 nitrogen and oxygen atoms in total. The Morgan fingerprint density at radius 1 is 1.11 bits per heavy atom. The van der Waals surface area contributed by atoms with Crippen LogP contribution in [0.1, 0.15) is 25.5 Å². The summed E-state index contributed by atoms with van der Waals surface area (Å²) in [5.41, 5.74) is 0.693. The molecule has 0 aliphatic rings. The van der Waals surface area contributed by atoms with E-state index in [1.807, 2.05) is 18.2 Å². The summed E-state index contributed by atoms with van der Waals surface area (Å²) in [7, 11) is 3.18. The summed E-state index contributed by atoms with van der Waals surface area (Å²) in [5.74, 6) is 1.85. The number of nitrogens with one attached hydrogen (secondary N) is 1. The first kappa shape index (κ1) is 14.8. The molecule has 0 radical (unpaired) electrons. The van der Waals surface area contributed by atoms with Gasteiger partial charge in [-0.1, -0.05) is 19.9 Å². The minimum absolute atomic E-state index is 0.481. The van der Waals surface area contributed by atoms with Crippen LogP contribution in [-0.4, -0.2) is 32.4 Å². The summed E-state index contributed by atoms with van der Waals surface area (Å²) >= 11 is 0. The standard InChI is InChI=1S/C14H23NO3/c1-10(2)8-15-9-11(16)14-12(17-3)6-5-7-13(14)18-4/h5-7,10-11,15-16H,8-9H2,1-4H3. The van der Waals surface area contributed by atoms with Crippen molar-refractivity contribution < 1.29 is 14.6 Å². The van der Waals surface area contributed by atoms with E-state index in [1.165, 1.54) is 0 Å². The van der Waals surface area contributed by atoms with Crippen LogP contribution in [0.2, 0.25) is 0 Å². The zero-order valence-electron chi connectivity index (χ0n) is 11.6. The van der Waals surface area contributed by atoms with Gasteiger partial charge in [0, 0.05) is 6.54 Å². The van der Waals surface area contributed by atoms with E-state index in [2.05, 4.69) is 19.2 Å². The molecule has 1 aromatic rings. The average molecular weight is 253 g/mol. The summed E-state index contributed by atoms with van der Waals surface area (Å²) in [6.07, 6.45) is -0.644. The Labute approximate surface area is 109 Å². The monoisotopic (exact) mass is 253 g/mol. The average Bonchev–Trinajstić information content (AvgIpc) is 2.36. The van der Waals surface area contributed by atoms with Gasteiger partial charge in [-0.25, -0.2) is 0 Å². The highest BCUT2D eigenvalue weighted by Gasteiger charge is 2.18. The Hall–Kier alpha value is -1.26. The molecule has 0 fully saturated rings. The fourth-order valence-corrected chi connectivity index (χ4v) is 1.82. The van der Waals surface area contributed by atoms with Crippen LogP contribution in [0.25, 0.3) is 0 Å². The number of aliphatic hydroxyl groups excluding tert-OH is 1. The first-order chi connectivity index (χ1) is 8.60. The highest BCUT2D eigenvalue weighted by molar-refractivity contribution is 5.46. The van der Waals surface area contributed by atoms with Crippen LogP contribution in [0.4, 0.5) is 0 Å². The van der Waals surface area contributed by atoms with Gasteiger partial charge in [0.05, 0.1) is 25.9 Å². The lowest BCUT2D eigenvalue weighted by atomic mass is 10.1. The van der Waals surface area contributed by atoms with Crippen LogP contribution in [-0.2, 0) is 0 Å². The highest BCUT2D eigenvalue weighted by Crippen LogP contribution is 2.33. The van der Waals surface area contributed by atoms with E-state index in [4.69, 9.17) is 9.47 Å². The first-order valence-corrected chi connectivity index (χ1v) is 6.19. The van der Waals surface area contributed by atoms with Crippen molar-refractivity contribution in [2.24, 2.45) is 5.92 Å². The molecule has 2 N–H and O–H groups in total. The van der Waals surface area contributed by atoms with E-state index in [-0.39, 0.29) is 0 Å². The van der Waals surface area contributed by atoms with Crippen molar-refractivity contribution in [3.63, 3.8) is 0 Å². The predicted molar refractivity (Wildman–Crippen MR) is 72.2 cm³/mol. The van der Waals surface area contributed by atoms with Crippen molar-refractivity contribution >= 4 is 0 Å². The Morgan fingerprint density at radius 3 is 2.11 bits per heavy atom. The maximum Gasteiger partial charge on any atom is 0.128 e. The molecule has 102 valence electrons. The van der Waals surface area contributed by atoms with E-state index in [0.29, 0.717) is 29.5 Å².